The number of carbonyl (C=O) groups is 1. The second kappa shape index (κ2) is 7.60. The lowest BCUT2D eigenvalue weighted by Crippen LogP contribution is -2.35. The summed E-state index contributed by atoms with van der Waals surface area (Å²) in [6, 6.07) is 10.3. The van der Waals surface area contributed by atoms with E-state index in [4.69, 9.17) is 0 Å². The molecule has 3 heteroatoms. The average molecular weight is 288 g/mol. The van der Waals surface area contributed by atoms with Crippen molar-refractivity contribution in [3.63, 3.8) is 0 Å². The van der Waals surface area contributed by atoms with Crippen molar-refractivity contribution in [2.24, 2.45) is 5.92 Å². The summed E-state index contributed by atoms with van der Waals surface area (Å²) in [6.07, 6.45) is 4.24. The van der Waals surface area contributed by atoms with Gasteiger partial charge in [-0.15, -0.1) is 0 Å². The van der Waals surface area contributed by atoms with Gasteiger partial charge in [0.1, 0.15) is 6.17 Å². The van der Waals surface area contributed by atoms with Crippen LogP contribution in [-0.2, 0) is 4.79 Å². The van der Waals surface area contributed by atoms with Gasteiger partial charge in [0.05, 0.1) is 6.04 Å². The highest BCUT2D eigenvalue weighted by molar-refractivity contribution is 5.84. The van der Waals surface area contributed by atoms with E-state index in [-0.39, 0.29) is 18.1 Å². The Morgan fingerprint density at radius 2 is 1.81 bits per heavy atom. The fraction of sp³-hybridized carbons (Fsp3) is 0.611. The summed E-state index contributed by atoms with van der Waals surface area (Å²) >= 11 is 0. The molecule has 0 spiro atoms. The summed E-state index contributed by atoms with van der Waals surface area (Å²) in [5.41, 5.74) is 1.19. The number of nitrogens with zero attached hydrogens (tertiary/aromatic N) is 1. The largest absolute Gasteiger partial charge is 0.321 e. The topological polar surface area (TPSA) is 32.3 Å². The van der Waals surface area contributed by atoms with Crippen molar-refractivity contribution < 1.29 is 4.79 Å². The maximum absolute atomic E-state index is 12.7. The molecule has 3 nitrogen and oxygen atoms in total. The summed E-state index contributed by atoms with van der Waals surface area (Å²) in [6.45, 7) is 7.42. The third kappa shape index (κ3) is 3.65. The van der Waals surface area contributed by atoms with E-state index in [1.807, 2.05) is 18.2 Å². The van der Waals surface area contributed by atoms with Gasteiger partial charge in [0.25, 0.3) is 0 Å². The molecule has 2 atom stereocenters. The quantitative estimate of drug-likeness (QED) is 0.829. The molecule has 1 amide bonds. The van der Waals surface area contributed by atoms with Gasteiger partial charge in [0.2, 0.25) is 5.91 Å². The zero-order valence-corrected chi connectivity index (χ0v) is 13.5. The first-order valence-electron chi connectivity index (χ1n) is 8.32. The van der Waals surface area contributed by atoms with Crippen LogP contribution in [0.2, 0.25) is 0 Å². The molecule has 1 aromatic carbocycles. The van der Waals surface area contributed by atoms with Crippen LogP contribution in [0.4, 0.5) is 0 Å². The highest BCUT2D eigenvalue weighted by Gasteiger charge is 2.39. The maximum Gasteiger partial charge on any atom is 0.241 e. The van der Waals surface area contributed by atoms with E-state index >= 15 is 0 Å². The lowest BCUT2D eigenvalue weighted by Gasteiger charge is -2.28. The molecule has 2 rings (SSSR count). The van der Waals surface area contributed by atoms with Crippen molar-refractivity contribution in [3.05, 3.63) is 35.9 Å². The smallest absolute Gasteiger partial charge is 0.241 e. The Kier molecular flexibility index (Phi) is 5.80. The maximum atomic E-state index is 12.7. The SMILES string of the molecule is CCCC1NC(c2ccccc2)N(CC(CC)CC)C1=O. The Morgan fingerprint density at radius 3 is 2.38 bits per heavy atom. The Labute approximate surface area is 128 Å². The molecule has 1 saturated heterocycles. The van der Waals surface area contributed by atoms with Gasteiger partial charge < -0.3 is 4.90 Å². The van der Waals surface area contributed by atoms with E-state index < -0.39 is 0 Å². The monoisotopic (exact) mass is 288 g/mol. The Balaban J connectivity index is 2.20. The molecule has 1 aromatic rings. The van der Waals surface area contributed by atoms with E-state index in [9.17, 15) is 4.79 Å². The van der Waals surface area contributed by atoms with Gasteiger partial charge in [0.15, 0.2) is 0 Å². The van der Waals surface area contributed by atoms with Crippen LogP contribution < -0.4 is 5.32 Å². The standard InChI is InChI=1S/C18H28N2O/c1-4-10-16-18(21)20(13-14(5-2)6-3)17(19-16)15-11-8-7-9-12-15/h7-9,11-12,14,16-17,19H,4-6,10,13H2,1-3H3. The van der Waals surface area contributed by atoms with E-state index in [1.54, 1.807) is 0 Å². The zero-order valence-electron chi connectivity index (χ0n) is 13.5. The summed E-state index contributed by atoms with van der Waals surface area (Å²) in [5, 5.41) is 3.54. The third-order valence-electron chi connectivity index (χ3n) is 4.55. The number of carbonyl (C=O) groups excluding carboxylic acids is 1. The highest BCUT2D eigenvalue weighted by Crippen LogP contribution is 2.28. The average Bonchev–Trinajstić information content (AvgIpc) is 2.83. The molecular formula is C18H28N2O. The summed E-state index contributed by atoms with van der Waals surface area (Å²) in [7, 11) is 0. The predicted octanol–water partition coefficient (Wildman–Crippen LogP) is 3.72. The van der Waals surface area contributed by atoms with E-state index in [0.29, 0.717) is 5.92 Å². The molecule has 1 heterocycles. The first kappa shape index (κ1) is 16.0. The van der Waals surface area contributed by atoms with Crippen LogP contribution in [0, 0.1) is 5.92 Å². The van der Waals surface area contributed by atoms with Gasteiger partial charge in [0, 0.05) is 6.54 Å². The Bertz CT molecular complexity index is 442. The molecule has 0 aromatic heterocycles. The van der Waals surface area contributed by atoms with Crippen LogP contribution in [-0.4, -0.2) is 23.4 Å². The third-order valence-corrected chi connectivity index (χ3v) is 4.55. The van der Waals surface area contributed by atoms with Crippen molar-refractivity contribution in [1.29, 1.82) is 0 Å². The first-order valence-corrected chi connectivity index (χ1v) is 8.32. The number of amides is 1. The minimum absolute atomic E-state index is 0.0189. The summed E-state index contributed by atoms with van der Waals surface area (Å²) < 4.78 is 0. The molecule has 1 aliphatic heterocycles. The van der Waals surface area contributed by atoms with E-state index in [0.717, 1.165) is 32.2 Å². The van der Waals surface area contributed by atoms with Crippen molar-refractivity contribution in [1.82, 2.24) is 10.2 Å². The molecule has 1 fully saturated rings. The number of rotatable bonds is 7. The van der Waals surface area contributed by atoms with Crippen LogP contribution in [0.3, 0.4) is 0 Å². The second-order valence-corrected chi connectivity index (χ2v) is 5.99. The summed E-state index contributed by atoms with van der Waals surface area (Å²) in [4.78, 5) is 14.8. The van der Waals surface area contributed by atoms with E-state index in [1.165, 1.54) is 5.56 Å². The molecule has 0 bridgehead atoms. The first-order chi connectivity index (χ1) is 10.2. The molecule has 0 aliphatic carbocycles. The fourth-order valence-electron chi connectivity index (χ4n) is 3.11. The molecular weight excluding hydrogens is 260 g/mol. The molecule has 1 aliphatic rings. The molecule has 1 N–H and O–H groups in total. The second-order valence-electron chi connectivity index (χ2n) is 5.99. The Hall–Kier alpha value is -1.35. The van der Waals surface area contributed by atoms with Gasteiger partial charge in [-0.05, 0) is 17.9 Å². The normalized spacial score (nSPS) is 22.3. The van der Waals surface area contributed by atoms with Crippen molar-refractivity contribution >= 4 is 5.91 Å². The number of hydrogen-bond acceptors (Lipinski definition) is 2. The molecule has 116 valence electrons. The van der Waals surface area contributed by atoms with Gasteiger partial charge >= 0.3 is 0 Å². The van der Waals surface area contributed by atoms with Gasteiger partial charge in [-0.25, -0.2) is 0 Å². The lowest BCUT2D eigenvalue weighted by atomic mass is 10.0. The summed E-state index contributed by atoms with van der Waals surface area (Å²) in [5.74, 6) is 0.861. The molecule has 0 radical (unpaired) electrons. The molecule has 2 unspecified atom stereocenters. The molecule has 0 saturated carbocycles. The van der Waals surface area contributed by atoms with Crippen LogP contribution in [0.15, 0.2) is 30.3 Å². The van der Waals surface area contributed by atoms with Gasteiger partial charge in [-0.3, -0.25) is 10.1 Å². The van der Waals surface area contributed by atoms with Crippen LogP contribution in [0.1, 0.15) is 58.2 Å². The minimum atomic E-state index is -0.0189. The zero-order chi connectivity index (χ0) is 15.2. The van der Waals surface area contributed by atoms with Crippen LogP contribution in [0.25, 0.3) is 0 Å². The van der Waals surface area contributed by atoms with Gasteiger partial charge in [-0.1, -0.05) is 70.4 Å². The van der Waals surface area contributed by atoms with Crippen molar-refractivity contribution in [3.8, 4) is 0 Å². The van der Waals surface area contributed by atoms with E-state index in [2.05, 4.69) is 43.1 Å². The molecule has 21 heavy (non-hydrogen) atoms. The predicted molar refractivity (Wildman–Crippen MR) is 86.8 cm³/mol. The van der Waals surface area contributed by atoms with Crippen LogP contribution >= 0.6 is 0 Å². The number of nitrogens with one attached hydrogen (secondary N) is 1. The number of hydrogen-bond donors (Lipinski definition) is 1. The van der Waals surface area contributed by atoms with Gasteiger partial charge in [-0.2, -0.15) is 0 Å². The number of benzene rings is 1. The van der Waals surface area contributed by atoms with Crippen molar-refractivity contribution in [2.45, 2.75) is 58.7 Å². The highest BCUT2D eigenvalue weighted by atomic mass is 16.2. The fourth-order valence-corrected chi connectivity index (χ4v) is 3.11. The van der Waals surface area contributed by atoms with Crippen molar-refractivity contribution in [2.75, 3.05) is 6.54 Å². The minimum Gasteiger partial charge on any atom is -0.321 e. The van der Waals surface area contributed by atoms with Crippen LogP contribution in [0.5, 0.6) is 0 Å². The lowest BCUT2D eigenvalue weighted by molar-refractivity contribution is -0.130. The Morgan fingerprint density at radius 1 is 1.14 bits per heavy atom.